The topological polar surface area (TPSA) is 54.0 Å². The van der Waals surface area contributed by atoms with E-state index in [4.69, 9.17) is 9.47 Å². The molecule has 0 radical (unpaired) electrons. The summed E-state index contributed by atoms with van der Waals surface area (Å²) in [6.07, 6.45) is 2.59. The summed E-state index contributed by atoms with van der Waals surface area (Å²) >= 11 is 0. The van der Waals surface area contributed by atoms with Crippen LogP contribution in [0.1, 0.15) is 33.6 Å². The highest BCUT2D eigenvalue weighted by Crippen LogP contribution is 2.12. The van der Waals surface area contributed by atoms with E-state index in [9.17, 15) is 4.79 Å². The first-order valence-electron chi connectivity index (χ1n) is 8.47. The van der Waals surface area contributed by atoms with Crippen LogP contribution in [0.5, 0.6) is 0 Å². The highest BCUT2D eigenvalue weighted by atomic mass is 16.6. The summed E-state index contributed by atoms with van der Waals surface area (Å²) in [5.41, 5.74) is -0.416. The number of nitrogens with zero attached hydrogens (tertiary/aromatic N) is 2. The largest absolute Gasteiger partial charge is 0.444 e. The lowest BCUT2D eigenvalue weighted by Crippen LogP contribution is -2.51. The maximum Gasteiger partial charge on any atom is 0.410 e. The minimum Gasteiger partial charge on any atom is -0.444 e. The van der Waals surface area contributed by atoms with Crippen molar-refractivity contribution in [2.75, 3.05) is 52.4 Å². The number of carbonyl (C=O) groups excluding carboxylic acids is 1. The van der Waals surface area contributed by atoms with Crippen LogP contribution >= 0.6 is 0 Å². The van der Waals surface area contributed by atoms with Crippen molar-refractivity contribution in [3.05, 3.63) is 0 Å². The summed E-state index contributed by atoms with van der Waals surface area (Å²) in [6.45, 7) is 12.9. The Bertz CT molecular complexity index is 343. The van der Waals surface area contributed by atoms with E-state index >= 15 is 0 Å². The fourth-order valence-electron chi connectivity index (χ4n) is 2.79. The zero-order valence-electron chi connectivity index (χ0n) is 14.3. The average molecular weight is 313 g/mol. The SMILES string of the molecule is CC(C)(C)OC(=O)N1CCN(CCNCC2CCCO2)CC1. The van der Waals surface area contributed by atoms with Crippen molar-refractivity contribution in [2.24, 2.45) is 0 Å². The van der Waals surface area contributed by atoms with E-state index < -0.39 is 5.60 Å². The molecule has 0 aromatic carbocycles. The summed E-state index contributed by atoms with van der Waals surface area (Å²) in [5, 5.41) is 3.47. The van der Waals surface area contributed by atoms with Gasteiger partial charge < -0.3 is 19.7 Å². The van der Waals surface area contributed by atoms with Gasteiger partial charge >= 0.3 is 6.09 Å². The smallest absolute Gasteiger partial charge is 0.410 e. The molecule has 0 aliphatic carbocycles. The van der Waals surface area contributed by atoms with Crippen LogP contribution in [0.25, 0.3) is 0 Å². The molecule has 1 amide bonds. The summed E-state index contributed by atoms with van der Waals surface area (Å²) < 4.78 is 11.0. The van der Waals surface area contributed by atoms with Crippen molar-refractivity contribution in [3.63, 3.8) is 0 Å². The maximum atomic E-state index is 12.0. The van der Waals surface area contributed by atoms with Crippen LogP contribution in [0.4, 0.5) is 4.79 Å². The van der Waals surface area contributed by atoms with Crippen molar-refractivity contribution in [3.8, 4) is 0 Å². The number of nitrogens with one attached hydrogen (secondary N) is 1. The average Bonchev–Trinajstić information content (AvgIpc) is 2.95. The molecular formula is C16H31N3O3. The van der Waals surface area contributed by atoms with Crippen LogP contribution in [0.2, 0.25) is 0 Å². The highest BCUT2D eigenvalue weighted by Gasteiger charge is 2.25. The van der Waals surface area contributed by atoms with E-state index in [0.29, 0.717) is 6.10 Å². The van der Waals surface area contributed by atoms with Gasteiger partial charge in [-0.05, 0) is 33.6 Å². The van der Waals surface area contributed by atoms with Crippen molar-refractivity contribution >= 4 is 6.09 Å². The molecule has 0 aromatic rings. The number of hydrogen-bond acceptors (Lipinski definition) is 5. The van der Waals surface area contributed by atoms with E-state index in [2.05, 4.69) is 10.2 Å². The molecule has 0 aromatic heterocycles. The van der Waals surface area contributed by atoms with E-state index in [1.807, 2.05) is 25.7 Å². The second kappa shape index (κ2) is 8.13. The monoisotopic (exact) mass is 313 g/mol. The van der Waals surface area contributed by atoms with Gasteiger partial charge in [-0.1, -0.05) is 0 Å². The third kappa shape index (κ3) is 6.10. The van der Waals surface area contributed by atoms with Crippen molar-refractivity contribution in [1.82, 2.24) is 15.1 Å². The molecule has 2 heterocycles. The molecule has 1 atom stereocenters. The van der Waals surface area contributed by atoms with Gasteiger partial charge in [0.15, 0.2) is 0 Å². The summed E-state index contributed by atoms with van der Waals surface area (Å²) in [6, 6.07) is 0. The Kier molecular flexibility index (Phi) is 6.47. The minimum absolute atomic E-state index is 0.191. The van der Waals surface area contributed by atoms with Gasteiger partial charge in [-0.25, -0.2) is 4.79 Å². The second-order valence-electron chi connectivity index (χ2n) is 7.15. The number of piperazine rings is 1. The molecule has 22 heavy (non-hydrogen) atoms. The Balaban J connectivity index is 1.55. The Morgan fingerprint density at radius 3 is 2.59 bits per heavy atom. The second-order valence-corrected chi connectivity index (χ2v) is 7.15. The van der Waals surface area contributed by atoms with Gasteiger partial charge in [-0.2, -0.15) is 0 Å². The van der Waals surface area contributed by atoms with Crippen molar-refractivity contribution < 1.29 is 14.3 Å². The van der Waals surface area contributed by atoms with Crippen molar-refractivity contribution in [2.45, 2.75) is 45.3 Å². The Morgan fingerprint density at radius 2 is 2.00 bits per heavy atom. The fraction of sp³-hybridized carbons (Fsp3) is 0.938. The number of carbonyl (C=O) groups is 1. The number of rotatable bonds is 5. The van der Waals surface area contributed by atoms with Crippen LogP contribution in [-0.2, 0) is 9.47 Å². The van der Waals surface area contributed by atoms with Gasteiger partial charge in [-0.15, -0.1) is 0 Å². The molecule has 6 heteroatoms. The van der Waals surface area contributed by atoms with E-state index in [-0.39, 0.29) is 6.09 Å². The Hall–Kier alpha value is -0.850. The predicted octanol–water partition coefficient (Wildman–Crippen LogP) is 1.31. The molecule has 2 rings (SSSR count). The first-order valence-corrected chi connectivity index (χ1v) is 8.47. The third-order valence-electron chi connectivity index (χ3n) is 4.02. The van der Waals surface area contributed by atoms with Gasteiger partial charge in [0.05, 0.1) is 6.10 Å². The number of ether oxygens (including phenoxy) is 2. The zero-order chi connectivity index (χ0) is 16.0. The van der Waals surface area contributed by atoms with Crippen LogP contribution in [0.15, 0.2) is 0 Å². The molecule has 2 aliphatic heterocycles. The molecule has 2 fully saturated rings. The predicted molar refractivity (Wildman–Crippen MR) is 86.1 cm³/mol. The lowest BCUT2D eigenvalue weighted by atomic mass is 10.2. The maximum absolute atomic E-state index is 12.0. The van der Waals surface area contributed by atoms with Crippen LogP contribution in [0.3, 0.4) is 0 Å². The lowest BCUT2D eigenvalue weighted by Gasteiger charge is -2.35. The zero-order valence-corrected chi connectivity index (χ0v) is 14.3. The summed E-state index contributed by atoms with van der Waals surface area (Å²) in [4.78, 5) is 16.2. The standard InChI is InChI=1S/C16H31N3O3/c1-16(2,3)22-15(20)19-10-8-18(9-11-19)7-6-17-13-14-5-4-12-21-14/h14,17H,4-13H2,1-3H3. The van der Waals surface area contributed by atoms with Gasteiger partial charge in [0.25, 0.3) is 0 Å². The van der Waals surface area contributed by atoms with Crippen LogP contribution < -0.4 is 5.32 Å². The third-order valence-corrected chi connectivity index (χ3v) is 4.02. The molecule has 1 unspecified atom stereocenters. The molecule has 128 valence electrons. The van der Waals surface area contributed by atoms with Crippen molar-refractivity contribution in [1.29, 1.82) is 0 Å². The lowest BCUT2D eigenvalue weighted by molar-refractivity contribution is 0.0145. The fourth-order valence-corrected chi connectivity index (χ4v) is 2.79. The minimum atomic E-state index is -0.416. The Labute approximate surface area is 134 Å². The first-order chi connectivity index (χ1) is 10.4. The molecule has 6 nitrogen and oxygen atoms in total. The Morgan fingerprint density at radius 1 is 1.27 bits per heavy atom. The molecule has 2 saturated heterocycles. The molecule has 0 saturated carbocycles. The van der Waals surface area contributed by atoms with E-state index in [0.717, 1.165) is 52.4 Å². The number of hydrogen-bond donors (Lipinski definition) is 1. The molecule has 0 bridgehead atoms. The molecule has 1 N–H and O–H groups in total. The quantitative estimate of drug-likeness (QED) is 0.776. The van der Waals surface area contributed by atoms with Gasteiger partial charge in [0.2, 0.25) is 0 Å². The number of amides is 1. The van der Waals surface area contributed by atoms with Gasteiger partial charge in [-0.3, -0.25) is 4.90 Å². The molecule has 0 spiro atoms. The first kappa shape index (κ1) is 17.5. The van der Waals surface area contributed by atoms with Gasteiger partial charge in [0, 0.05) is 52.4 Å². The summed E-state index contributed by atoms with van der Waals surface area (Å²) in [7, 11) is 0. The van der Waals surface area contributed by atoms with E-state index in [1.165, 1.54) is 12.8 Å². The van der Waals surface area contributed by atoms with E-state index in [1.54, 1.807) is 0 Å². The summed E-state index contributed by atoms with van der Waals surface area (Å²) in [5.74, 6) is 0. The van der Waals surface area contributed by atoms with Gasteiger partial charge in [0.1, 0.15) is 5.60 Å². The van der Waals surface area contributed by atoms with Crippen LogP contribution in [0, 0.1) is 0 Å². The molecule has 2 aliphatic rings. The highest BCUT2D eigenvalue weighted by molar-refractivity contribution is 5.68. The molecular weight excluding hydrogens is 282 g/mol. The van der Waals surface area contributed by atoms with Crippen LogP contribution in [-0.4, -0.2) is 80.0 Å². The normalized spacial score (nSPS) is 23.8.